The van der Waals surface area contributed by atoms with Crippen LogP contribution in [0.5, 0.6) is 0 Å². The van der Waals surface area contributed by atoms with Crippen molar-refractivity contribution in [2.24, 2.45) is 0 Å². The van der Waals surface area contributed by atoms with E-state index >= 15 is 0 Å². The number of carbonyl (C=O) groups excluding carboxylic acids is 1. The van der Waals surface area contributed by atoms with E-state index in [9.17, 15) is 9.90 Å². The van der Waals surface area contributed by atoms with Crippen LogP contribution < -0.4 is 10.6 Å². The van der Waals surface area contributed by atoms with E-state index in [1.165, 1.54) is 5.56 Å². The van der Waals surface area contributed by atoms with Crippen LogP contribution in [0, 0.1) is 0 Å². The molecule has 0 unspecified atom stereocenters. The number of aryl methyl sites for hydroxylation is 1. The third-order valence-corrected chi connectivity index (χ3v) is 5.38. The lowest BCUT2D eigenvalue weighted by atomic mass is 10.1. The van der Waals surface area contributed by atoms with Gasteiger partial charge >= 0.3 is 6.03 Å². The molecule has 168 valence electrons. The molecule has 3 N–H and O–H groups in total. The maximum Gasteiger partial charge on any atom is 0.320 e. The van der Waals surface area contributed by atoms with E-state index in [1.54, 1.807) is 18.3 Å². The molecule has 0 saturated heterocycles. The number of benzene rings is 2. The van der Waals surface area contributed by atoms with Crippen molar-refractivity contribution < 1.29 is 9.90 Å². The predicted molar refractivity (Wildman–Crippen MR) is 130 cm³/mol. The summed E-state index contributed by atoms with van der Waals surface area (Å²) in [7, 11) is 0. The third kappa shape index (κ3) is 6.11. The van der Waals surface area contributed by atoms with Crippen LogP contribution in [0.25, 0.3) is 22.4 Å². The van der Waals surface area contributed by atoms with Crippen LogP contribution in [0.15, 0.2) is 72.9 Å². The van der Waals surface area contributed by atoms with Gasteiger partial charge < -0.3 is 10.4 Å². The Kier molecular flexibility index (Phi) is 7.22. The number of aliphatic hydroxyl groups excluding tert-OH is 1. The molecular formula is C26H27N5O2. The monoisotopic (exact) mass is 441 g/mol. The van der Waals surface area contributed by atoms with E-state index in [0.29, 0.717) is 22.7 Å². The highest BCUT2D eigenvalue weighted by atomic mass is 16.3. The fourth-order valence-corrected chi connectivity index (χ4v) is 3.64. The largest absolute Gasteiger partial charge is 0.392 e. The average Bonchev–Trinajstić information content (AvgIpc) is 2.84. The highest BCUT2D eigenvalue weighted by Crippen LogP contribution is 2.20. The molecule has 2 heterocycles. The fraction of sp³-hybridized carbons (Fsp3) is 0.231. The van der Waals surface area contributed by atoms with Crippen LogP contribution in [0.1, 0.15) is 30.9 Å². The lowest BCUT2D eigenvalue weighted by molar-refractivity contribution is 0.248. The van der Waals surface area contributed by atoms with E-state index in [4.69, 9.17) is 0 Å². The van der Waals surface area contributed by atoms with E-state index < -0.39 is 0 Å². The zero-order valence-electron chi connectivity index (χ0n) is 18.5. The van der Waals surface area contributed by atoms with Gasteiger partial charge in [-0.2, -0.15) is 0 Å². The summed E-state index contributed by atoms with van der Waals surface area (Å²) < 4.78 is 0. The molecule has 4 aromatic rings. The first kappa shape index (κ1) is 22.4. The van der Waals surface area contributed by atoms with E-state index in [0.717, 1.165) is 30.4 Å². The van der Waals surface area contributed by atoms with Crippen molar-refractivity contribution in [3.05, 3.63) is 84.1 Å². The van der Waals surface area contributed by atoms with Gasteiger partial charge in [0.05, 0.1) is 18.5 Å². The van der Waals surface area contributed by atoms with E-state index in [2.05, 4.69) is 37.7 Å². The van der Waals surface area contributed by atoms with Gasteiger partial charge in [-0.25, -0.2) is 14.8 Å². The molecule has 7 heteroatoms. The lowest BCUT2D eigenvalue weighted by Crippen LogP contribution is -2.36. The number of aliphatic hydroxyl groups is 1. The Morgan fingerprint density at radius 2 is 1.82 bits per heavy atom. The number of urea groups is 1. The Morgan fingerprint density at radius 1 is 1.00 bits per heavy atom. The maximum absolute atomic E-state index is 12.4. The Morgan fingerprint density at radius 3 is 2.64 bits per heavy atom. The third-order valence-electron chi connectivity index (χ3n) is 5.38. The van der Waals surface area contributed by atoms with E-state index in [-0.39, 0.29) is 18.7 Å². The molecule has 4 rings (SSSR count). The molecule has 0 saturated carbocycles. The van der Waals surface area contributed by atoms with Crippen molar-refractivity contribution in [1.29, 1.82) is 0 Å². The van der Waals surface area contributed by atoms with Gasteiger partial charge in [-0.3, -0.25) is 10.3 Å². The molecule has 0 aliphatic heterocycles. The van der Waals surface area contributed by atoms with Crippen LogP contribution in [-0.2, 0) is 13.0 Å². The number of fused-ring (bicyclic) bond motifs is 1. The molecule has 0 bridgehead atoms. The van der Waals surface area contributed by atoms with Gasteiger partial charge in [-0.15, -0.1) is 0 Å². The molecule has 2 aromatic heterocycles. The van der Waals surface area contributed by atoms with Gasteiger partial charge in [0.25, 0.3) is 0 Å². The molecule has 2 aromatic carbocycles. The summed E-state index contributed by atoms with van der Waals surface area (Å²) in [6, 6.07) is 21.1. The van der Waals surface area contributed by atoms with Gasteiger partial charge in [0.2, 0.25) is 0 Å². The van der Waals surface area contributed by atoms with Crippen LogP contribution >= 0.6 is 0 Å². The van der Waals surface area contributed by atoms with E-state index in [1.807, 2.05) is 49.4 Å². The average molecular weight is 442 g/mol. The zero-order chi connectivity index (χ0) is 23.0. The highest BCUT2D eigenvalue weighted by Gasteiger charge is 2.10. The lowest BCUT2D eigenvalue weighted by Gasteiger charge is -2.14. The highest BCUT2D eigenvalue weighted by molar-refractivity contribution is 5.89. The van der Waals surface area contributed by atoms with Crippen LogP contribution in [0.3, 0.4) is 0 Å². The van der Waals surface area contributed by atoms with Gasteiger partial charge in [0, 0.05) is 11.6 Å². The minimum absolute atomic E-state index is 0.0407. The Balaban J connectivity index is 1.36. The molecule has 0 radical (unpaired) electrons. The quantitative estimate of drug-likeness (QED) is 0.367. The number of rotatable bonds is 8. The van der Waals surface area contributed by atoms with Gasteiger partial charge in [-0.1, -0.05) is 48.5 Å². The summed E-state index contributed by atoms with van der Waals surface area (Å²) in [5, 5.41) is 15.1. The number of hydrogen-bond donors (Lipinski definition) is 3. The second-order valence-electron chi connectivity index (χ2n) is 8.03. The van der Waals surface area contributed by atoms with Crippen molar-refractivity contribution >= 4 is 23.0 Å². The number of aromatic nitrogens is 3. The predicted octanol–water partition coefficient (Wildman–Crippen LogP) is 4.72. The molecular weight excluding hydrogens is 414 g/mol. The summed E-state index contributed by atoms with van der Waals surface area (Å²) in [5.74, 6) is 0.409. The Bertz CT molecular complexity index is 1230. The van der Waals surface area contributed by atoms with Crippen molar-refractivity contribution in [3.8, 4) is 11.3 Å². The number of anilines is 1. The van der Waals surface area contributed by atoms with Gasteiger partial charge in [-0.05, 0) is 55.5 Å². The number of hydrogen-bond acceptors (Lipinski definition) is 5. The summed E-state index contributed by atoms with van der Waals surface area (Å²) in [5.41, 5.74) is 4.68. The molecule has 0 spiro atoms. The first-order valence-electron chi connectivity index (χ1n) is 11.1. The number of amides is 2. The first-order valence-corrected chi connectivity index (χ1v) is 11.1. The second kappa shape index (κ2) is 10.7. The summed E-state index contributed by atoms with van der Waals surface area (Å²) >= 11 is 0. The minimum Gasteiger partial charge on any atom is -0.392 e. The molecule has 2 amide bonds. The molecule has 0 fully saturated rings. The standard InChI is InChI=1S/C26H27N5O2/c1-18(7-5-10-19-8-3-2-4-9-19)28-26(33)31-24-14-13-22-25(30-24)29-23(16-27-22)21-12-6-11-20(15-21)17-32/h2-4,6,8-9,11-16,18,32H,5,7,10,17H2,1H3,(H2,28,29,30,31,33)/t18-/m1/s1. The Labute approximate surface area is 192 Å². The van der Waals surface area contributed by atoms with Crippen LogP contribution in [0.4, 0.5) is 10.6 Å². The van der Waals surface area contributed by atoms with Gasteiger partial charge in [0.1, 0.15) is 11.3 Å². The van der Waals surface area contributed by atoms with Gasteiger partial charge in [0.15, 0.2) is 5.65 Å². The number of pyridine rings is 1. The Hall–Kier alpha value is -3.84. The molecule has 7 nitrogen and oxygen atoms in total. The van der Waals surface area contributed by atoms with Crippen molar-refractivity contribution in [1.82, 2.24) is 20.3 Å². The van der Waals surface area contributed by atoms with Crippen molar-refractivity contribution in [2.75, 3.05) is 5.32 Å². The molecule has 1 atom stereocenters. The molecule has 0 aliphatic carbocycles. The number of nitrogens with one attached hydrogen (secondary N) is 2. The van der Waals surface area contributed by atoms with Crippen LogP contribution in [0.2, 0.25) is 0 Å². The van der Waals surface area contributed by atoms with Crippen molar-refractivity contribution in [2.45, 2.75) is 38.8 Å². The number of nitrogens with zero attached hydrogens (tertiary/aromatic N) is 3. The summed E-state index contributed by atoms with van der Waals surface area (Å²) in [6.07, 6.45) is 4.55. The molecule has 0 aliphatic rings. The zero-order valence-corrected chi connectivity index (χ0v) is 18.5. The maximum atomic E-state index is 12.4. The second-order valence-corrected chi connectivity index (χ2v) is 8.03. The topological polar surface area (TPSA) is 100 Å². The normalized spacial score (nSPS) is 11.8. The fourth-order valence-electron chi connectivity index (χ4n) is 3.64. The SMILES string of the molecule is C[C@H](CCCc1ccccc1)NC(=O)Nc1ccc2ncc(-c3cccc(CO)c3)nc2n1. The number of carbonyl (C=O) groups is 1. The summed E-state index contributed by atoms with van der Waals surface area (Å²) in [4.78, 5) is 25.9. The molecule has 33 heavy (non-hydrogen) atoms. The first-order chi connectivity index (χ1) is 16.1. The summed E-state index contributed by atoms with van der Waals surface area (Å²) in [6.45, 7) is 1.96. The van der Waals surface area contributed by atoms with Crippen LogP contribution in [-0.4, -0.2) is 32.1 Å². The smallest absolute Gasteiger partial charge is 0.320 e. The van der Waals surface area contributed by atoms with Crippen molar-refractivity contribution in [3.63, 3.8) is 0 Å². The minimum atomic E-state index is -0.297.